The number of ether oxygens (including phenoxy) is 1. The molecule has 17 heavy (non-hydrogen) atoms. The Labute approximate surface area is 103 Å². The molecule has 0 amide bonds. The predicted octanol–water partition coefficient (Wildman–Crippen LogP) is 0.905. The van der Waals surface area contributed by atoms with Crippen LogP contribution in [0.4, 0.5) is 0 Å². The van der Waals surface area contributed by atoms with Crippen molar-refractivity contribution in [3.8, 4) is 0 Å². The number of guanidine groups is 1. The SMILES string of the molecule is COC1CCC(NC(=NC2CCCC2)NN)C1. The minimum Gasteiger partial charge on any atom is -0.381 e. The van der Waals surface area contributed by atoms with Gasteiger partial charge in [-0.3, -0.25) is 5.43 Å². The molecule has 5 nitrogen and oxygen atoms in total. The highest BCUT2D eigenvalue weighted by Crippen LogP contribution is 2.22. The van der Waals surface area contributed by atoms with Gasteiger partial charge >= 0.3 is 0 Å². The molecular weight excluding hydrogens is 216 g/mol. The van der Waals surface area contributed by atoms with Crippen molar-refractivity contribution in [2.24, 2.45) is 10.8 Å². The van der Waals surface area contributed by atoms with Gasteiger partial charge in [0.25, 0.3) is 0 Å². The van der Waals surface area contributed by atoms with Gasteiger partial charge in [-0.15, -0.1) is 0 Å². The van der Waals surface area contributed by atoms with E-state index < -0.39 is 0 Å². The number of hydrazine groups is 1. The van der Waals surface area contributed by atoms with Crippen LogP contribution in [0.15, 0.2) is 4.99 Å². The van der Waals surface area contributed by atoms with Gasteiger partial charge in [0, 0.05) is 13.2 Å². The van der Waals surface area contributed by atoms with Gasteiger partial charge in [-0.1, -0.05) is 12.8 Å². The highest BCUT2D eigenvalue weighted by atomic mass is 16.5. The molecule has 0 aliphatic heterocycles. The standard InChI is InChI=1S/C12H24N4O/c1-17-11-7-6-10(8-11)15-12(16-13)14-9-4-2-3-5-9/h9-11H,2-8,13H2,1H3,(H2,14,15,16). The van der Waals surface area contributed by atoms with Crippen LogP contribution in [0.2, 0.25) is 0 Å². The molecule has 2 unspecified atom stereocenters. The summed E-state index contributed by atoms with van der Waals surface area (Å²) in [6.45, 7) is 0. The predicted molar refractivity (Wildman–Crippen MR) is 68.6 cm³/mol. The Morgan fingerprint density at radius 2 is 2.00 bits per heavy atom. The normalized spacial score (nSPS) is 30.8. The first-order chi connectivity index (χ1) is 8.31. The van der Waals surface area contributed by atoms with E-state index >= 15 is 0 Å². The second kappa shape index (κ2) is 6.21. The Kier molecular flexibility index (Phi) is 4.62. The molecule has 2 aliphatic carbocycles. The van der Waals surface area contributed by atoms with E-state index in [1.165, 1.54) is 25.7 Å². The van der Waals surface area contributed by atoms with Crippen molar-refractivity contribution >= 4 is 5.96 Å². The van der Waals surface area contributed by atoms with E-state index in [0.29, 0.717) is 18.2 Å². The summed E-state index contributed by atoms with van der Waals surface area (Å²) in [5.41, 5.74) is 2.69. The molecular formula is C12H24N4O. The van der Waals surface area contributed by atoms with Crippen molar-refractivity contribution in [3.63, 3.8) is 0 Å². The van der Waals surface area contributed by atoms with Crippen LogP contribution < -0.4 is 16.6 Å². The number of nitrogens with two attached hydrogens (primary N) is 1. The number of hydrogen-bond acceptors (Lipinski definition) is 3. The van der Waals surface area contributed by atoms with Crippen LogP contribution in [-0.4, -0.2) is 31.3 Å². The molecule has 0 bridgehead atoms. The lowest BCUT2D eigenvalue weighted by Gasteiger charge is -2.17. The van der Waals surface area contributed by atoms with E-state index in [1.807, 2.05) is 0 Å². The number of rotatable bonds is 3. The van der Waals surface area contributed by atoms with Crippen molar-refractivity contribution in [2.45, 2.75) is 63.1 Å². The van der Waals surface area contributed by atoms with Crippen molar-refractivity contribution in [1.29, 1.82) is 0 Å². The fraction of sp³-hybridized carbons (Fsp3) is 0.917. The van der Waals surface area contributed by atoms with E-state index in [-0.39, 0.29) is 0 Å². The second-order valence-electron chi connectivity index (χ2n) is 5.07. The van der Waals surface area contributed by atoms with Crippen LogP contribution in [0, 0.1) is 0 Å². The zero-order chi connectivity index (χ0) is 12.1. The van der Waals surface area contributed by atoms with E-state index in [2.05, 4.69) is 15.7 Å². The maximum atomic E-state index is 5.52. The van der Waals surface area contributed by atoms with E-state index in [9.17, 15) is 0 Å². The molecule has 0 aromatic heterocycles. The molecule has 4 N–H and O–H groups in total. The molecule has 98 valence electrons. The molecule has 2 aliphatic rings. The average Bonchev–Trinajstić information content (AvgIpc) is 2.99. The summed E-state index contributed by atoms with van der Waals surface area (Å²) < 4.78 is 5.36. The number of hydrogen-bond donors (Lipinski definition) is 3. The molecule has 0 aromatic rings. The fourth-order valence-electron chi connectivity index (χ4n) is 2.81. The third-order valence-electron chi connectivity index (χ3n) is 3.83. The van der Waals surface area contributed by atoms with Gasteiger partial charge in [0.05, 0.1) is 12.1 Å². The smallest absolute Gasteiger partial charge is 0.206 e. The first-order valence-electron chi connectivity index (χ1n) is 6.65. The molecule has 0 heterocycles. The van der Waals surface area contributed by atoms with Crippen LogP contribution in [-0.2, 0) is 4.74 Å². The van der Waals surface area contributed by atoms with Gasteiger partial charge in [-0.25, -0.2) is 10.8 Å². The monoisotopic (exact) mass is 240 g/mol. The van der Waals surface area contributed by atoms with Crippen molar-refractivity contribution < 1.29 is 4.74 Å². The minimum absolute atomic E-state index is 0.387. The van der Waals surface area contributed by atoms with Gasteiger partial charge in [0.2, 0.25) is 5.96 Å². The lowest BCUT2D eigenvalue weighted by molar-refractivity contribution is 0.107. The summed E-state index contributed by atoms with van der Waals surface area (Å²) in [6, 6.07) is 0.893. The first kappa shape index (κ1) is 12.6. The quantitative estimate of drug-likeness (QED) is 0.297. The lowest BCUT2D eigenvalue weighted by Crippen LogP contribution is -2.46. The number of nitrogens with zero attached hydrogens (tertiary/aromatic N) is 1. The molecule has 2 rings (SSSR count). The fourth-order valence-corrected chi connectivity index (χ4v) is 2.81. The van der Waals surface area contributed by atoms with Crippen molar-refractivity contribution in [1.82, 2.24) is 10.7 Å². The summed E-state index contributed by atoms with van der Waals surface area (Å²) in [5.74, 6) is 6.27. The zero-order valence-electron chi connectivity index (χ0n) is 10.6. The number of nitrogens with one attached hydrogen (secondary N) is 2. The topological polar surface area (TPSA) is 71.7 Å². The van der Waals surface area contributed by atoms with Gasteiger partial charge < -0.3 is 10.1 Å². The van der Waals surface area contributed by atoms with Crippen LogP contribution in [0.5, 0.6) is 0 Å². The zero-order valence-corrected chi connectivity index (χ0v) is 10.6. The van der Waals surface area contributed by atoms with E-state index in [0.717, 1.165) is 25.2 Å². The van der Waals surface area contributed by atoms with Crippen LogP contribution in [0.25, 0.3) is 0 Å². The van der Waals surface area contributed by atoms with Crippen LogP contribution in [0.1, 0.15) is 44.9 Å². The average molecular weight is 240 g/mol. The summed E-state index contributed by atoms with van der Waals surface area (Å²) in [7, 11) is 1.78. The van der Waals surface area contributed by atoms with Gasteiger partial charge in [0.15, 0.2) is 0 Å². The third-order valence-corrected chi connectivity index (χ3v) is 3.83. The van der Waals surface area contributed by atoms with Crippen LogP contribution >= 0.6 is 0 Å². The molecule has 0 spiro atoms. The highest BCUT2D eigenvalue weighted by Gasteiger charge is 2.25. The molecule has 5 heteroatoms. The maximum Gasteiger partial charge on any atom is 0.206 e. The molecule has 2 saturated carbocycles. The maximum absolute atomic E-state index is 5.52. The Morgan fingerprint density at radius 1 is 1.24 bits per heavy atom. The number of methoxy groups -OCH3 is 1. The summed E-state index contributed by atoms with van der Waals surface area (Å²) in [5, 5.41) is 3.39. The van der Waals surface area contributed by atoms with E-state index in [4.69, 9.17) is 10.6 Å². The largest absolute Gasteiger partial charge is 0.381 e. The van der Waals surface area contributed by atoms with Gasteiger partial charge in [0.1, 0.15) is 0 Å². The highest BCUT2D eigenvalue weighted by molar-refractivity contribution is 5.79. The van der Waals surface area contributed by atoms with Gasteiger partial charge in [-0.05, 0) is 32.1 Å². The summed E-state index contributed by atoms with van der Waals surface area (Å²) >= 11 is 0. The van der Waals surface area contributed by atoms with Gasteiger partial charge in [-0.2, -0.15) is 0 Å². The lowest BCUT2D eigenvalue weighted by atomic mass is 10.2. The van der Waals surface area contributed by atoms with Crippen molar-refractivity contribution in [2.75, 3.05) is 7.11 Å². The Bertz CT molecular complexity index is 263. The summed E-state index contributed by atoms with van der Waals surface area (Å²) in [4.78, 5) is 4.64. The number of aliphatic imine (C=N–C) groups is 1. The Hall–Kier alpha value is -0.810. The van der Waals surface area contributed by atoms with E-state index in [1.54, 1.807) is 7.11 Å². The molecule has 0 radical (unpaired) electrons. The Morgan fingerprint density at radius 3 is 2.59 bits per heavy atom. The molecule has 0 aromatic carbocycles. The second-order valence-corrected chi connectivity index (χ2v) is 5.07. The molecule has 2 fully saturated rings. The third kappa shape index (κ3) is 3.57. The molecule has 0 saturated heterocycles. The first-order valence-corrected chi connectivity index (χ1v) is 6.65. The van der Waals surface area contributed by atoms with Crippen molar-refractivity contribution in [3.05, 3.63) is 0 Å². The minimum atomic E-state index is 0.387. The molecule has 2 atom stereocenters. The Balaban J connectivity index is 1.82. The summed E-state index contributed by atoms with van der Waals surface area (Å²) in [6.07, 6.45) is 8.65. The van der Waals surface area contributed by atoms with Crippen LogP contribution in [0.3, 0.4) is 0 Å².